The van der Waals surface area contributed by atoms with Crippen molar-refractivity contribution in [3.63, 3.8) is 0 Å². The van der Waals surface area contributed by atoms with Crippen LogP contribution in [-0.4, -0.2) is 30.1 Å². The van der Waals surface area contributed by atoms with E-state index >= 15 is 0 Å². The Morgan fingerprint density at radius 2 is 2.25 bits per heavy atom. The lowest BCUT2D eigenvalue weighted by molar-refractivity contribution is -0.386. The Morgan fingerprint density at radius 3 is 2.85 bits per heavy atom. The zero-order valence-corrected chi connectivity index (χ0v) is 12.5. The second-order valence-corrected chi connectivity index (χ2v) is 4.70. The number of esters is 1. The van der Waals surface area contributed by atoms with E-state index in [1.54, 1.807) is 19.1 Å². The van der Waals surface area contributed by atoms with Crippen LogP contribution in [0.25, 0.3) is 0 Å². The highest BCUT2D eigenvalue weighted by Gasteiger charge is 2.19. The van der Waals surface area contributed by atoms with Crippen LogP contribution in [0.2, 0.25) is 0 Å². The van der Waals surface area contributed by atoms with Crippen molar-refractivity contribution in [1.29, 1.82) is 0 Å². The van der Waals surface area contributed by atoms with Crippen LogP contribution in [0.15, 0.2) is 22.7 Å². The number of benzene rings is 1. The standard InChI is InChI=1S/C12H15BrN2O5/c1-2-19-12(16)9(14)6-7-20-11-8(13)4-3-5-10(11)15(17)18/h3-5,9H,2,6-7,14H2,1H3. The van der Waals surface area contributed by atoms with E-state index < -0.39 is 16.9 Å². The molecule has 8 heteroatoms. The Labute approximate surface area is 124 Å². The van der Waals surface area contributed by atoms with Crippen molar-refractivity contribution >= 4 is 27.6 Å². The van der Waals surface area contributed by atoms with Gasteiger partial charge in [-0.25, -0.2) is 0 Å². The number of para-hydroxylation sites is 1. The summed E-state index contributed by atoms with van der Waals surface area (Å²) < 4.78 is 10.6. The highest BCUT2D eigenvalue weighted by atomic mass is 79.9. The molecule has 1 unspecified atom stereocenters. The molecular weight excluding hydrogens is 332 g/mol. The summed E-state index contributed by atoms with van der Waals surface area (Å²) in [7, 11) is 0. The number of nitro benzene ring substituents is 1. The van der Waals surface area contributed by atoms with E-state index in [0.717, 1.165) is 0 Å². The van der Waals surface area contributed by atoms with Crippen molar-refractivity contribution in [2.24, 2.45) is 5.73 Å². The molecule has 0 saturated heterocycles. The fraction of sp³-hybridized carbons (Fsp3) is 0.417. The van der Waals surface area contributed by atoms with Gasteiger partial charge in [-0.15, -0.1) is 0 Å². The molecule has 0 bridgehead atoms. The minimum Gasteiger partial charge on any atom is -0.486 e. The first-order chi connectivity index (χ1) is 9.47. The van der Waals surface area contributed by atoms with Gasteiger partial charge in [0.2, 0.25) is 5.75 Å². The summed E-state index contributed by atoms with van der Waals surface area (Å²) in [5.41, 5.74) is 5.45. The molecule has 0 fully saturated rings. The van der Waals surface area contributed by atoms with Gasteiger partial charge >= 0.3 is 11.7 Å². The number of halogens is 1. The van der Waals surface area contributed by atoms with Gasteiger partial charge in [0.1, 0.15) is 6.04 Å². The molecule has 0 heterocycles. The fourth-order valence-electron chi connectivity index (χ4n) is 1.44. The van der Waals surface area contributed by atoms with Gasteiger partial charge in [0.15, 0.2) is 0 Å². The first-order valence-electron chi connectivity index (χ1n) is 5.95. The van der Waals surface area contributed by atoms with Crippen LogP contribution in [0.3, 0.4) is 0 Å². The molecule has 1 atom stereocenters. The zero-order valence-electron chi connectivity index (χ0n) is 10.9. The van der Waals surface area contributed by atoms with Crippen molar-refractivity contribution < 1.29 is 19.2 Å². The summed E-state index contributed by atoms with van der Waals surface area (Å²) in [6.07, 6.45) is 0.206. The van der Waals surface area contributed by atoms with Gasteiger partial charge in [0, 0.05) is 12.5 Å². The Kier molecular flexibility index (Phi) is 6.40. The Bertz CT molecular complexity index is 495. The van der Waals surface area contributed by atoms with Gasteiger partial charge in [0.05, 0.1) is 22.6 Å². The monoisotopic (exact) mass is 346 g/mol. The number of nitro groups is 1. The normalized spacial score (nSPS) is 11.8. The molecule has 0 aliphatic rings. The van der Waals surface area contributed by atoms with E-state index in [4.69, 9.17) is 15.2 Å². The molecule has 0 aliphatic carbocycles. The number of hydrogen-bond donors (Lipinski definition) is 1. The molecular formula is C12H15BrN2O5. The van der Waals surface area contributed by atoms with Gasteiger partial charge in [-0.05, 0) is 28.9 Å². The van der Waals surface area contributed by atoms with Gasteiger partial charge in [-0.1, -0.05) is 6.07 Å². The smallest absolute Gasteiger partial charge is 0.323 e. The largest absolute Gasteiger partial charge is 0.486 e. The maximum atomic E-state index is 11.3. The lowest BCUT2D eigenvalue weighted by atomic mass is 10.2. The van der Waals surface area contributed by atoms with E-state index in [9.17, 15) is 14.9 Å². The second kappa shape index (κ2) is 7.81. The highest BCUT2D eigenvalue weighted by molar-refractivity contribution is 9.10. The average Bonchev–Trinajstić information content (AvgIpc) is 2.40. The minimum absolute atomic E-state index is 0.0729. The number of carbonyl (C=O) groups is 1. The third kappa shape index (κ3) is 4.46. The summed E-state index contributed by atoms with van der Waals surface area (Å²) >= 11 is 3.18. The average molecular weight is 347 g/mol. The Morgan fingerprint density at radius 1 is 1.55 bits per heavy atom. The van der Waals surface area contributed by atoms with Crippen LogP contribution >= 0.6 is 15.9 Å². The van der Waals surface area contributed by atoms with Crippen molar-refractivity contribution in [3.8, 4) is 5.75 Å². The molecule has 1 rings (SSSR count). The number of rotatable bonds is 7. The van der Waals surface area contributed by atoms with Crippen molar-refractivity contribution in [2.45, 2.75) is 19.4 Å². The summed E-state index contributed by atoms with van der Waals surface area (Å²) in [6.45, 7) is 2.01. The number of ether oxygens (including phenoxy) is 2. The van der Waals surface area contributed by atoms with Crippen molar-refractivity contribution in [1.82, 2.24) is 0 Å². The number of carbonyl (C=O) groups excluding carboxylic acids is 1. The van der Waals surface area contributed by atoms with E-state index in [-0.39, 0.29) is 31.1 Å². The summed E-state index contributed by atoms with van der Waals surface area (Å²) in [6, 6.07) is 3.70. The number of hydrogen-bond acceptors (Lipinski definition) is 6. The third-order valence-electron chi connectivity index (χ3n) is 2.41. The highest BCUT2D eigenvalue weighted by Crippen LogP contribution is 2.34. The molecule has 0 radical (unpaired) electrons. The summed E-state index contributed by atoms with van der Waals surface area (Å²) in [5, 5.41) is 10.9. The first-order valence-corrected chi connectivity index (χ1v) is 6.74. The molecule has 1 aromatic carbocycles. The quantitative estimate of drug-likeness (QED) is 0.460. The maximum Gasteiger partial charge on any atom is 0.323 e. The molecule has 110 valence electrons. The van der Waals surface area contributed by atoms with Gasteiger partial charge < -0.3 is 15.2 Å². The third-order valence-corrected chi connectivity index (χ3v) is 3.03. The molecule has 0 aromatic heterocycles. The molecule has 2 N–H and O–H groups in total. The topological polar surface area (TPSA) is 105 Å². The SMILES string of the molecule is CCOC(=O)C(N)CCOc1c(Br)cccc1[N+](=O)[O-]. The second-order valence-electron chi connectivity index (χ2n) is 3.84. The van der Waals surface area contributed by atoms with Gasteiger partial charge in [-0.3, -0.25) is 14.9 Å². The molecule has 20 heavy (non-hydrogen) atoms. The lowest BCUT2D eigenvalue weighted by Crippen LogP contribution is -2.33. The molecule has 0 aliphatic heterocycles. The molecule has 0 saturated carbocycles. The van der Waals surface area contributed by atoms with E-state index in [2.05, 4.69) is 15.9 Å². The zero-order chi connectivity index (χ0) is 15.1. The van der Waals surface area contributed by atoms with Crippen molar-refractivity contribution in [2.75, 3.05) is 13.2 Å². The van der Waals surface area contributed by atoms with Crippen molar-refractivity contribution in [3.05, 3.63) is 32.8 Å². The maximum absolute atomic E-state index is 11.3. The van der Waals surface area contributed by atoms with Crippen LogP contribution in [0, 0.1) is 10.1 Å². The Hall–Kier alpha value is -1.67. The number of nitrogens with two attached hydrogens (primary N) is 1. The van der Waals surface area contributed by atoms with Crippen LogP contribution in [0.4, 0.5) is 5.69 Å². The minimum atomic E-state index is -0.809. The summed E-state index contributed by atoms with van der Waals surface area (Å²) in [4.78, 5) is 21.6. The fourth-order valence-corrected chi connectivity index (χ4v) is 1.91. The van der Waals surface area contributed by atoms with Crippen LogP contribution in [0.1, 0.15) is 13.3 Å². The number of nitrogens with zero attached hydrogens (tertiary/aromatic N) is 1. The van der Waals surface area contributed by atoms with E-state index in [1.807, 2.05) is 0 Å². The first kappa shape index (κ1) is 16.4. The molecule has 0 spiro atoms. The van der Waals surface area contributed by atoms with E-state index in [0.29, 0.717) is 4.47 Å². The van der Waals surface area contributed by atoms with Crippen LogP contribution < -0.4 is 10.5 Å². The predicted molar refractivity (Wildman–Crippen MR) is 75.5 cm³/mol. The van der Waals surface area contributed by atoms with Crippen LogP contribution in [-0.2, 0) is 9.53 Å². The van der Waals surface area contributed by atoms with Gasteiger partial charge in [0.25, 0.3) is 0 Å². The lowest BCUT2D eigenvalue weighted by Gasteiger charge is -2.12. The van der Waals surface area contributed by atoms with Gasteiger partial charge in [-0.2, -0.15) is 0 Å². The van der Waals surface area contributed by atoms with Crippen LogP contribution in [0.5, 0.6) is 5.75 Å². The van der Waals surface area contributed by atoms with E-state index in [1.165, 1.54) is 6.07 Å². The molecule has 1 aromatic rings. The Balaban J connectivity index is 2.62. The predicted octanol–water partition coefficient (Wildman–Crippen LogP) is 2.02. The summed E-state index contributed by atoms with van der Waals surface area (Å²) in [5.74, 6) is -0.397. The molecule has 0 amide bonds. The molecule has 7 nitrogen and oxygen atoms in total.